The molecule has 0 unspecified atom stereocenters. The molecule has 31 heavy (non-hydrogen) atoms. The molecule has 8 nitrogen and oxygen atoms in total. The van der Waals surface area contributed by atoms with E-state index in [4.69, 9.17) is 9.47 Å². The lowest BCUT2D eigenvalue weighted by Gasteiger charge is -2.27. The summed E-state index contributed by atoms with van der Waals surface area (Å²) in [5.41, 5.74) is 1.53. The van der Waals surface area contributed by atoms with Gasteiger partial charge in [0, 0.05) is 25.2 Å². The van der Waals surface area contributed by atoms with E-state index >= 15 is 0 Å². The number of fused-ring (bicyclic) bond motifs is 1. The molecule has 1 N–H and O–H groups in total. The fourth-order valence-corrected chi connectivity index (χ4v) is 4.39. The van der Waals surface area contributed by atoms with E-state index in [1.54, 1.807) is 31.3 Å². The van der Waals surface area contributed by atoms with Crippen LogP contribution in [0, 0.1) is 5.82 Å². The number of sulfonamides is 1. The van der Waals surface area contributed by atoms with Gasteiger partial charge in [-0.25, -0.2) is 17.8 Å². The van der Waals surface area contributed by atoms with Gasteiger partial charge in [-0.3, -0.25) is 9.71 Å². The summed E-state index contributed by atoms with van der Waals surface area (Å²) in [6.07, 6.45) is 2.20. The summed E-state index contributed by atoms with van der Waals surface area (Å²) < 4.78 is 51.8. The fourth-order valence-electron chi connectivity index (χ4n) is 3.26. The molecule has 0 atom stereocenters. The third-order valence-electron chi connectivity index (χ3n) is 4.74. The van der Waals surface area contributed by atoms with Crippen LogP contribution in [0.15, 0.2) is 42.6 Å². The normalized spacial score (nSPS) is 14.6. The smallest absolute Gasteiger partial charge is 0.232 e. The molecule has 0 aliphatic carbocycles. The van der Waals surface area contributed by atoms with Gasteiger partial charge in [-0.15, -0.1) is 0 Å². The molecule has 1 fully saturated rings. The third kappa shape index (κ3) is 5.20. The maximum Gasteiger partial charge on any atom is 0.232 e. The number of hydrogen-bond acceptors (Lipinski definition) is 7. The zero-order chi connectivity index (χ0) is 21.8. The summed E-state index contributed by atoms with van der Waals surface area (Å²) in [4.78, 5) is 11.2. The summed E-state index contributed by atoms with van der Waals surface area (Å²) in [6.45, 7) is 4.52. The van der Waals surface area contributed by atoms with Crippen molar-refractivity contribution >= 4 is 32.6 Å². The molecule has 1 aliphatic heterocycles. The van der Waals surface area contributed by atoms with Gasteiger partial charge >= 0.3 is 0 Å². The summed E-state index contributed by atoms with van der Waals surface area (Å²) in [5.74, 6) is 0.398. The number of ether oxygens (including phenoxy) is 2. The first-order valence-electron chi connectivity index (χ1n) is 10.0. The van der Waals surface area contributed by atoms with Gasteiger partial charge in [0.1, 0.15) is 11.6 Å². The second-order valence-corrected chi connectivity index (χ2v) is 8.99. The molecule has 0 bridgehead atoms. The van der Waals surface area contributed by atoms with Gasteiger partial charge in [0.2, 0.25) is 10.0 Å². The minimum Gasteiger partial charge on any atom is -0.454 e. The lowest BCUT2D eigenvalue weighted by Crippen LogP contribution is -2.36. The molecule has 10 heteroatoms. The number of morpholine rings is 1. The SMILES string of the molecule is CCCS(=O)(=O)Nc1ccc(F)c(Oc2ccc3ncc(N4CCOCC4)nc3c2)c1. The van der Waals surface area contributed by atoms with Gasteiger partial charge in [-0.2, -0.15) is 0 Å². The van der Waals surface area contributed by atoms with Crippen molar-refractivity contribution in [2.45, 2.75) is 13.3 Å². The van der Waals surface area contributed by atoms with E-state index in [2.05, 4.69) is 19.6 Å². The van der Waals surface area contributed by atoms with E-state index in [1.165, 1.54) is 12.1 Å². The number of aromatic nitrogens is 2. The molecule has 4 rings (SSSR count). The Morgan fingerprint density at radius 2 is 1.97 bits per heavy atom. The Kier molecular flexibility index (Phi) is 6.19. The van der Waals surface area contributed by atoms with Crippen molar-refractivity contribution in [3.63, 3.8) is 0 Å². The Labute approximate surface area is 180 Å². The molecule has 0 radical (unpaired) electrons. The van der Waals surface area contributed by atoms with Crippen LogP contribution in [-0.4, -0.2) is 50.4 Å². The Bertz CT molecular complexity index is 1180. The quantitative estimate of drug-likeness (QED) is 0.593. The minimum absolute atomic E-state index is 0.0185. The highest BCUT2D eigenvalue weighted by Gasteiger charge is 2.15. The highest BCUT2D eigenvalue weighted by Crippen LogP contribution is 2.30. The van der Waals surface area contributed by atoms with Crippen LogP contribution in [0.4, 0.5) is 15.9 Å². The first-order chi connectivity index (χ1) is 14.9. The van der Waals surface area contributed by atoms with Crippen LogP contribution in [0.5, 0.6) is 11.5 Å². The summed E-state index contributed by atoms with van der Waals surface area (Å²) in [6, 6.07) is 8.93. The van der Waals surface area contributed by atoms with Gasteiger partial charge in [0.25, 0.3) is 0 Å². The van der Waals surface area contributed by atoms with Gasteiger partial charge in [-0.1, -0.05) is 6.92 Å². The minimum atomic E-state index is -3.49. The van der Waals surface area contributed by atoms with E-state index in [1.807, 2.05) is 0 Å². The second-order valence-electron chi connectivity index (χ2n) is 7.15. The number of benzene rings is 2. The van der Waals surface area contributed by atoms with Crippen LogP contribution in [0.1, 0.15) is 13.3 Å². The summed E-state index contributed by atoms with van der Waals surface area (Å²) in [5, 5.41) is 0. The maximum atomic E-state index is 14.3. The lowest BCUT2D eigenvalue weighted by molar-refractivity contribution is 0.122. The number of hydrogen-bond donors (Lipinski definition) is 1. The standard InChI is InChI=1S/C21H23FN4O4S/c1-2-11-31(27,28)25-15-3-5-17(22)20(12-15)30-16-4-6-18-19(13-16)24-21(14-23-18)26-7-9-29-10-8-26/h3-6,12-14,25H,2,7-11H2,1H3. The van der Waals surface area contributed by atoms with Gasteiger partial charge in [-0.05, 0) is 30.7 Å². The van der Waals surface area contributed by atoms with Crippen molar-refractivity contribution in [2.24, 2.45) is 0 Å². The second kappa shape index (κ2) is 9.03. The molecule has 3 aromatic rings. The van der Waals surface area contributed by atoms with Crippen LogP contribution in [-0.2, 0) is 14.8 Å². The number of halogens is 1. The van der Waals surface area contributed by atoms with Gasteiger partial charge in [0.15, 0.2) is 11.6 Å². The van der Waals surface area contributed by atoms with E-state index in [0.717, 1.165) is 25.0 Å². The first-order valence-corrected chi connectivity index (χ1v) is 11.7. The fraction of sp³-hybridized carbons (Fsp3) is 0.333. The molecule has 2 aromatic carbocycles. The van der Waals surface area contributed by atoms with E-state index < -0.39 is 15.8 Å². The van der Waals surface area contributed by atoms with Crippen LogP contribution < -0.4 is 14.4 Å². The Morgan fingerprint density at radius 1 is 1.16 bits per heavy atom. The molecule has 1 aromatic heterocycles. The van der Waals surface area contributed by atoms with Crippen LogP contribution in [0.3, 0.4) is 0 Å². The van der Waals surface area contributed by atoms with E-state index in [-0.39, 0.29) is 17.2 Å². The average molecular weight is 447 g/mol. The highest BCUT2D eigenvalue weighted by atomic mass is 32.2. The Balaban J connectivity index is 1.58. The van der Waals surface area contributed by atoms with Crippen molar-refractivity contribution in [3.05, 3.63) is 48.4 Å². The molecule has 0 saturated carbocycles. The lowest BCUT2D eigenvalue weighted by atomic mass is 10.2. The molecule has 1 aliphatic rings. The summed E-state index contributed by atoms with van der Waals surface area (Å²) in [7, 11) is -3.49. The van der Waals surface area contributed by atoms with Crippen molar-refractivity contribution in [3.8, 4) is 11.5 Å². The van der Waals surface area contributed by atoms with E-state index in [9.17, 15) is 12.8 Å². The molecule has 164 valence electrons. The Hall–Kier alpha value is -2.98. The molecule has 2 heterocycles. The topological polar surface area (TPSA) is 93.7 Å². The first kappa shape index (κ1) is 21.3. The molecule has 0 spiro atoms. The van der Waals surface area contributed by atoms with Crippen LogP contribution >= 0.6 is 0 Å². The average Bonchev–Trinajstić information content (AvgIpc) is 2.76. The maximum absolute atomic E-state index is 14.3. The summed E-state index contributed by atoms with van der Waals surface area (Å²) >= 11 is 0. The van der Waals surface area contributed by atoms with Crippen molar-refractivity contribution in [1.29, 1.82) is 0 Å². The number of anilines is 2. The monoisotopic (exact) mass is 446 g/mol. The van der Waals surface area contributed by atoms with Crippen molar-refractivity contribution < 1.29 is 22.3 Å². The van der Waals surface area contributed by atoms with Crippen LogP contribution in [0.2, 0.25) is 0 Å². The van der Waals surface area contributed by atoms with Gasteiger partial charge < -0.3 is 14.4 Å². The number of nitrogens with zero attached hydrogens (tertiary/aromatic N) is 3. The molecular formula is C21H23FN4O4S. The van der Waals surface area contributed by atoms with E-state index in [0.29, 0.717) is 36.4 Å². The largest absolute Gasteiger partial charge is 0.454 e. The van der Waals surface area contributed by atoms with Crippen LogP contribution in [0.25, 0.3) is 11.0 Å². The predicted molar refractivity (Wildman–Crippen MR) is 117 cm³/mol. The number of rotatable bonds is 7. The number of nitrogens with one attached hydrogen (secondary N) is 1. The predicted octanol–water partition coefficient (Wildman–Crippen LogP) is 3.55. The third-order valence-corrected chi connectivity index (χ3v) is 6.23. The molecule has 0 amide bonds. The van der Waals surface area contributed by atoms with Crippen molar-refractivity contribution in [2.75, 3.05) is 41.7 Å². The zero-order valence-electron chi connectivity index (χ0n) is 17.0. The zero-order valence-corrected chi connectivity index (χ0v) is 17.9. The van der Waals surface area contributed by atoms with Crippen molar-refractivity contribution in [1.82, 2.24) is 9.97 Å². The Morgan fingerprint density at radius 3 is 2.74 bits per heavy atom. The molecular weight excluding hydrogens is 423 g/mol. The van der Waals surface area contributed by atoms with Gasteiger partial charge in [0.05, 0.1) is 41.9 Å². The molecule has 1 saturated heterocycles. The highest BCUT2D eigenvalue weighted by molar-refractivity contribution is 7.92.